The maximum atomic E-state index is 12.3. The largest absolute Gasteiger partial charge is 0.462 e. The Bertz CT molecular complexity index is 850. The molecule has 0 aromatic heterocycles. The Morgan fingerprint density at radius 1 is 0.903 bits per heavy atom. The second-order valence-corrected chi connectivity index (χ2v) is 14.8. The molecule has 1 aliphatic heterocycles. The van der Waals surface area contributed by atoms with Gasteiger partial charge in [0.05, 0.1) is 12.0 Å². The maximum absolute atomic E-state index is 12.3. The average Bonchev–Trinajstić information content (AvgIpc) is 2.92. The summed E-state index contributed by atoms with van der Waals surface area (Å²) in [6.45, 7) is 11.3. The van der Waals surface area contributed by atoms with Crippen LogP contribution in [0.2, 0.25) is 5.04 Å². The molecular formula is C27H36O3Si. The van der Waals surface area contributed by atoms with Gasteiger partial charge in [-0.3, -0.25) is 4.79 Å². The molecule has 1 heterocycles. The number of hydrogen-bond donors (Lipinski definition) is 0. The molecule has 2 aromatic carbocycles. The fourth-order valence-corrected chi connectivity index (χ4v) is 10.5. The van der Waals surface area contributed by atoms with Gasteiger partial charge in [-0.05, 0) is 34.2 Å². The molecule has 1 saturated carbocycles. The van der Waals surface area contributed by atoms with E-state index in [0.717, 1.165) is 19.3 Å². The Labute approximate surface area is 188 Å². The highest BCUT2D eigenvalue weighted by Gasteiger charge is 2.53. The van der Waals surface area contributed by atoms with Crippen molar-refractivity contribution < 1.29 is 14.0 Å². The van der Waals surface area contributed by atoms with Crippen LogP contribution in [-0.4, -0.2) is 26.5 Å². The first-order valence-corrected chi connectivity index (χ1v) is 13.6. The van der Waals surface area contributed by atoms with Crippen LogP contribution in [0, 0.1) is 17.8 Å². The van der Waals surface area contributed by atoms with Gasteiger partial charge in [-0.15, -0.1) is 0 Å². The van der Waals surface area contributed by atoms with Gasteiger partial charge in [0.15, 0.2) is 0 Å². The zero-order valence-corrected chi connectivity index (χ0v) is 20.5. The zero-order valence-electron chi connectivity index (χ0n) is 19.5. The molecule has 1 saturated heterocycles. The number of rotatable bonds is 4. The SMILES string of the molecule is C[C@@H]1CC[C@H]2[C@@H](C[C@@H]1O[Si](c1ccccc1)(c1ccccc1)C(C)(C)C)OC(=O)[C@@H]2C. The number of carbonyl (C=O) groups is 1. The molecule has 2 aliphatic rings. The molecule has 3 nitrogen and oxygen atoms in total. The Morgan fingerprint density at radius 3 is 1.97 bits per heavy atom. The van der Waals surface area contributed by atoms with Crippen molar-refractivity contribution in [3.8, 4) is 0 Å². The first-order valence-electron chi connectivity index (χ1n) is 11.7. The highest BCUT2D eigenvalue weighted by molar-refractivity contribution is 6.99. The molecule has 0 unspecified atom stereocenters. The van der Waals surface area contributed by atoms with Crippen molar-refractivity contribution in [1.29, 1.82) is 0 Å². The zero-order chi connectivity index (χ0) is 22.2. The lowest BCUT2D eigenvalue weighted by Gasteiger charge is -2.46. The van der Waals surface area contributed by atoms with Crippen LogP contribution in [0.5, 0.6) is 0 Å². The van der Waals surface area contributed by atoms with Gasteiger partial charge in [-0.25, -0.2) is 0 Å². The van der Waals surface area contributed by atoms with E-state index in [1.54, 1.807) is 0 Å². The molecule has 31 heavy (non-hydrogen) atoms. The average molecular weight is 437 g/mol. The summed E-state index contributed by atoms with van der Waals surface area (Å²) in [4.78, 5) is 12.3. The lowest BCUT2D eigenvalue weighted by Crippen LogP contribution is -2.68. The van der Waals surface area contributed by atoms with E-state index >= 15 is 0 Å². The van der Waals surface area contributed by atoms with E-state index < -0.39 is 8.32 Å². The Balaban J connectivity index is 1.78. The maximum Gasteiger partial charge on any atom is 0.309 e. The number of benzene rings is 2. The second-order valence-electron chi connectivity index (χ2n) is 10.5. The summed E-state index contributed by atoms with van der Waals surface area (Å²) < 4.78 is 13.3. The van der Waals surface area contributed by atoms with Gasteiger partial charge in [0.1, 0.15) is 6.10 Å². The summed E-state index contributed by atoms with van der Waals surface area (Å²) in [6, 6.07) is 21.6. The van der Waals surface area contributed by atoms with Crippen LogP contribution in [-0.2, 0) is 14.0 Å². The lowest BCUT2D eigenvalue weighted by molar-refractivity contribution is -0.144. The molecule has 166 valence electrons. The Hall–Kier alpha value is -1.91. The standard InChI is InChI=1S/C27H36O3Si/c1-19-16-17-23-20(2)26(28)29-25(23)18-24(19)30-31(27(3,4)5,21-12-8-6-9-13-21)22-14-10-7-11-15-22/h6-15,19-20,23-25H,16-18H2,1-5H3/t19-,20-,23-,24+,25-/m1/s1. The summed E-state index contributed by atoms with van der Waals surface area (Å²) in [5.74, 6) is 0.721. The minimum Gasteiger partial charge on any atom is -0.462 e. The number of fused-ring (bicyclic) bond motifs is 1. The third-order valence-electron chi connectivity index (χ3n) is 7.56. The van der Waals surface area contributed by atoms with Crippen molar-refractivity contribution >= 4 is 24.7 Å². The van der Waals surface area contributed by atoms with Gasteiger partial charge in [-0.2, -0.15) is 0 Å². The minimum absolute atomic E-state index is 0.00353. The van der Waals surface area contributed by atoms with Crippen LogP contribution in [0.15, 0.2) is 60.7 Å². The summed E-state index contributed by atoms with van der Waals surface area (Å²) in [5.41, 5.74) is 0. The fraction of sp³-hybridized carbons (Fsp3) is 0.519. The van der Waals surface area contributed by atoms with Crippen molar-refractivity contribution in [1.82, 2.24) is 0 Å². The van der Waals surface area contributed by atoms with Crippen molar-refractivity contribution in [3.63, 3.8) is 0 Å². The predicted molar refractivity (Wildman–Crippen MR) is 128 cm³/mol. The minimum atomic E-state index is -2.62. The number of hydrogen-bond acceptors (Lipinski definition) is 3. The normalized spacial score (nSPS) is 29.2. The number of carbonyl (C=O) groups excluding carboxylic acids is 1. The quantitative estimate of drug-likeness (QED) is 0.504. The van der Waals surface area contributed by atoms with Gasteiger partial charge < -0.3 is 9.16 Å². The van der Waals surface area contributed by atoms with Crippen molar-refractivity contribution in [2.75, 3.05) is 0 Å². The van der Waals surface area contributed by atoms with E-state index in [1.807, 2.05) is 6.92 Å². The highest BCUT2D eigenvalue weighted by Crippen LogP contribution is 2.44. The van der Waals surface area contributed by atoms with Crippen LogP contribution < -0.4 is 10.4 Å². The first kappa shape index (κ1) is 22.3. The number of ether oxygens (including phenoxy) is 1. The van der Waals surface area contributed by atoms with E-state index in [-0.39, 0.29) is 29.1 Å². The van der Waals surface area contributed by atoms with E-state index in [9.17, 15) is 4.79 Å². The third kappa shape index (κ3) is 4.00. The monoisotopic (exact) mass is 436 g/mol. The van der Waals surface area contributed by atoms with Crippen molar-refractivity contribution in [2.24, 2.45) is 17.8 Å². The summed E-state index contributed by atoms with van der Waals surface area (Å²) in [5, 5.41) is 2.55. The molecule has 0 bridgehead atoms. The van der Waals surface area contributed by atoms with Gasteiger partial charge in [0.2, 0.25) is 0 Å². The molecule has 0 radical (unpaired) electrons. The third-order valence-corrected chi connectivity index (χ3v) is 12.6. The predicted octanol–water partition coefficient (Wildman–Crippen LogP) is 4.93. The number of esters is 1. The second kappa shape index (κ2) is 8.55. The van der Waals surface area contributed by atoms with Crippen LogP contribution >= 0.6 is 0 Å². The van der Waals surface area contributed by atoms with Gasteiger partial charge in [0, 0.05) is 12.3 Å². The smallest absolute Gasteiger partial charge is 0.309 e. The molecule has 1 aliphatic carbocycles. The van der Waals surface area contributed by atoms with Crippen LogP contribution in [0.4, 0.5) is 0 Å². The van der Waals surface area contributed by atoms with Gasteiger partial charge in [-0.1, -0.05) is 95.3 Å². The van der Waals surface area contributed by atoms with Crippen LogP contribution in [0.1, 0.15) is 53.9 Å². The molecule has 5 atom stereocenters. The fourth-order valence-electron chi connectivity index (χ4n) is 5.68. The molecule has 4 heteroatoms. The molecule has 0 spiro atoms. The van der Waals surface area contributed by atoms with Gasteiger partial charge >= 0.3 is 5.97 Å². The van der Waals surface area contributed by atoms with E-state index in [0.29, 0.717) is 11.8 Å². The van der Waals surface area contributed by atoms with E-state index in [1.165, 1.54) is 10.4 Å². The molecular weight excluding hydrogens is 400 g/mol. The molecule has 2 fully saturated rings. The molecule has 4 rings (SSSR count). The topological polar surface area (TPSA) is 35.5 Å². The molecule has 0 N–H and O–H groups in total. The molecule has 0 amide bonds. The lowest BCUT2D eigenvalue weighted by atomic mass is 9.88. The Morgan fingerprint density at radius 2 is 1.45 bits per heavy atom. The summed E-state index contributed by atoms with van der Waals surface area (Å²) >= 11 is 0. The highest BCUT2D eigenvalue weighted by atomic mass is 28.4. The first-order chi connectivity index (χ1) is 14.7. The van der Waals surface area contributed by atoms with Crippen molar-refractivity contribution in [3.05, 3.63) is 60.7 Å². The van der Waals surface area contributed by atoms with Crippen LogP contribution in [0.25, 0.3) is 0 Å². The van der Waals surface area contributed by atoms with Gasteiger partial charge in [0.25, 0.3) is 8.32 Å². The van der Waals surface area contributed by atoms with E-state index in [2.05, 4.69) is 88.4 Å². The van der Waals surface area contributed by atoms with Crippen LogP contribution in [0.3, 0.4) is 0 Å². The molecule has 2 aromatic rings. The van der Waals surface area contributed by atoms with E-state index in [4.69, 9.17) is 9.16 Å². The summed E-state index contributed by atoms with van der Waals surface area (Å²) in [7, 11) is -2.62. The summed E-state index contributed by atoms with van der Waals surface area (Å²) in [6.07, 6.45) is 2.96. The van der Waals surface area contributed by atoms with Crippen molar-refractivity contribution in [2.45, 2.75) is 71.1 Å². The Kier molecular flexibility index (Phi) is 6.15.